The van der Waals surface area contributed by atoms with Gasteiger partial charge in [0.15, 0.2) is 0 Å². The highest BCUT2D eigenvalue weighted by Crippen LogP contribution is 2.36. The lowest BCUT2D eigenvalue weighted by atomic mass is 10.2. The van der Waals surface area contributed by atoms with Crippen molar-refractivity contribution in [1.82, 2.24) is 19.5 Å². The van der Waals surface area contributed by atoms with Gasteiger partial charge < -0.3 is 4.42 Å². The molecule has 0 amide bonds. The van der Waals surface area contributed by atoms with Crippen molar-refractivity contribution in [2.75, 3.05) is 6.54 Å². The average molecular weight is 370 g/mol. The molecule has 0 bridgehead atoms. The van der Waals surface area contributed by atoms with Crippen LogP contribution in [0.1, 0.15) is 30.5 Å². The highest BCUT2D eigenvalue weighted by molar-refractivity contribution is 7.89. The van der Waals surface area contributed by atoms with Crippen LogP contribution in [0.15, 0.2) is 58.0 Å². The molecule has 3 aromatic rings. The molecule has 0 spiro atoms. The number of aryl methyl sites for hydroxylation is 1. The monoisotopic (exact) mass is 370 g/mol. The maximum absolute atomic E-state index is 13.0. The van der Waals surface area contributed by atoms with Crippen LogP contribution in [-0.2, 0) is 10.0 Å². The van der Waals surface area contributed by atoms with E-state index in [0.717, 1.165) is 12.1 Å². The molecule has 1 fully saturated rings. The third kappa shape index (κ3) is 3.02. The van der Waals surface area contributed by atoms with Gasteiger partial charge in [-0.2, -0.15) is 4.31 Å². The molecular weight excluding hydrogens is 352 g/mol. The van der Waals surface area contributed by atoms with E-state index >= 15 is 0 Å². The fraction of sp³-hybridized carbons (Fsp3) is 0.278. The quantitative estimate of drug-likeness (QED) is 0.701. The van der Waals surface area contributed by atoms with Gasteiger partial charge in [-0.05, 0) is 44.0 Å². The van der Waals surface area contributed by atoms with Crippen LogP contribution in [0.25, 0.3) is 11.5 Å². The van der Waals surface area contributed by atoms with Gasteiger partial charge in [0.25, 0.3) is 0 Å². The van der Waals surface area contributed by atoms with Crippen LogP contribution in [0.3, 0.4) is 0 Å². The summed E-state index contributed by atoms with van der Waals surface area (Å²) in [6.45, 7) is 2.33. The predicted octanol–water partition coefficient (Wildman–Crippen LogP) is 2.97. The second-order valence-corrected chi connectivity index (χ2v) is 8.11. The minimum atomic E-state index is -3.60. The molecule has 0 aliphatic carbocycles. The first-order chi connectivity index (χ1) is 12.6. The van der Waals surface area contributed by atoms with Gasteiger partial charge >= 0.3 is 0 Å². The number of nitrogens with zero attached hydrogens (tertiary/aromatic N) is 4. The van der Waals surface area contributed by atoms with Gasteiger partial charge in [-0.25, -0.2) is 8.42 Å². The van der Waals surface area contributed by atoms with Gasteiger partial charge in [-0.3, -0.25) is 4.98 Å². The summed E-state index contributed by atoms with van der Waals surface area (Å²) in [5, 5.41) is 8.18. The number of hydrogen-bond donors (Lipinski definition) is 0. The Labute approximate surface area is 151 Å². The van der Waals surface area contributed by atoms with Crippen molar-refractivity contribution in [2.45, 2.75) is 30.7 Å². The molecule has 134 valence electrons. The van der Waals surface area contributed by atoms with Gasteiger partial charge in [0.2, 0.25) is 21.8 Å². The van der Waals surface area contributed by atoms with E-state index < -0.39 is 16.1 Å². The molecule has 8 heteroatoms. The Morgan fingerprint density at radius 3 is 2.65 bits per heavy atom. The summed E-state index contributed by atoms with van der Waals surface area (Å²) in [4.78, 5) is 4.49. The number of aromatic nitrogens is 3. The molecule has 1 atom stereocenters. The largest absolute Gasteiger partial charge is 0.419 e. The van der Waals surface area contributed by atoms with Crippen molar-refractivity contribution in [3.8, 4) is 11.5 Å². The summed E-state index contributed by atoms with van der Waals surface area (Å²) >= 11 is 0. The molecule has 1 aromatic carbocycles. The van der Waals surface area contributed by atoms with Crippen LogP contribution in [0.2, 0.25) is 0 Å². The zero-order valence-corrected chi connectivity index (χ0v) is 15.1. The SMILES string of the molecule is Cc1ccc(-c2nnc(C3CCCN3S(=O)(=O)c3ccccc3)o2)cn1. The Hall–Kier alpha value is -2.58. The molecule has 1 saturated heterocycles. The second-order valence-electron chi connectivity index (χ2n) is 6.22. The minimum Gasteiger partial charge on any atom is -0.419 e. The molecule has 7 nitrogen and oxygen atoms in total. The van der Waals surface area contributed by atoms with Crippen molar-refractivity contribution in [1.29, 1.82) is 0 Å². The Balaban J connectivity index is 1.64. The number of benzene rings is 1. The van der Waals surface area contributed by atoms with E-state index in [9.17, 15) is 8.42 Å². The Kier molecular flexibility index (Phi) is 4.29. The summed E-state index contributed by atoms with van der Waals surface area (Å²) < 4.78 is 33.2. The van der Waals surface area contributed by atoms with E-state index in [1.165, 1.54) is 4.31 Å². The van der Waals surface area contributed by atoms with Crippen molar-refractivity contribution in [3.63, 3.8) is 0 Å². The summed E-state index contributed by atoms with van der Waals surface area (Å²) in [6.07, 6.45) is 3.07. The predicted molar refractivity (Wildman–Crippen MR) is 94.6 cm³/mol. The lowest BCUT2D eigenvalue weighted by molar-refractivity contribution is 0.332. The van der Waals surface area contributed by atoms with Gasteiger partial charge in [-0.1, -0.05) is 18.2 Å². The average Bonchev–Trinajstić information content (AvgIpc) is 3.32. The molecule has 0 radical (unpaired) electrons. The fourth-order valence-electron chi connectivity index (χ4n) is 3.08. The Morgan fingerprint density at radius 2 is 1.92 bits per heavy atom. The molecule has 0 saturated carbocycles. The molecule has 1 aliphatic rings. The number of rotatable bonds is 4. The highest BCUT2D eigenvalue weighted by Gasteiger charge is 2.39. The molecule has 3 heterocycles. The first-order valence-corrected chi connectivity index (χ1v) is 9.83. The van der Waals surface area contributed by atoms with Crippen molar-refractivity contribution in [2.24, 2.45) is 0 Å². The van der Waals surface area contributed by atoms with Crippen molar-refractivity contribution in [3.05, 3.63) is 60.2 Å². The van der Waals surface area contributed by atoms with Crippen LogP contribution >= 0.6 is 0 Å². The number of sulfonamides is 1. The standard InChI is InChI=1S/C18H18N4O3S/c1-13-9-10-14(12-19-13)17-20-21-18(25-17)16-8-5-11-22(16)26(23,24)15-6-3-2-4-7-15/h2-4,6-7,9-10,12,16H,5,8,11H2,1H3. The van der Waals surface area contributed by atoms with Crippen LogP contribution in [0.4, 0.5) is 0 Å². The molecule has 1 unspecified atom stereocenters. The Morgan fingerprint density at radius 1 is 1.12 bits per heavy atom. The summed E-state index contributed by atoms with van der Waals surface area (Å²) in [5.74, 6) is 0.661. The summed E-state index contributed by atoms with van der Waals surface area (Å²) in [5.41, 5.74) is 1.61. The highest BCUT2D eigenvalue weighted by atomic mass is 32.2. The smallest absolute Gasteiger partial charge is 0.249 e. The first-order valence-electron chi connectivity index (χ1n) is 8.39. The molecular formula is C18H18N4O3S. The lowest BCUT2D eigenvalue weighted by Gasteiger charge is -2.21. The summed E-state index contributed by atoms with van der Waals surface area (Å²) in [7, 11) is -3.60. The van der Waals surface area contributed by atoms with E-state index in [0.29, 0.717) is 30.3 Å². The van der Waals surface area contributed by atoms with Gasteiger partial charge in [0.1, 0.15) is 6.04 Å². The van der Waals surface area contributed by atoms with Gasteiger partial charge in [0, 0.05) is 18.4 Å². The summed E-state index contributed by atoms with van der Waals surface area (Å²) in [6, 6.07) is 11.7. The number of hydrogen-bond acceptors (Lipinski definition) is 6. The van der Waals surface area contributed by atoms with Crippen molar-refractivity contribution >= 4 is 10.0 Å². The molecule has 4 rings (SSSR count). The maximum Gasteiger partial charge on any atom is 0.249 e. The molecule has 26 heavy (non-hydrogen) atoms. The topological polar surface area (TPSA) is 89.2 Å². The normalized spacial score (nSPS) is 18.3. The van der Waals surface area contributed by atoms with Crippen molar-refractivity contribution < 1.29 is 12.8 Å². The van der Waals surface area contributed by atoms with Gasteiger partial charge in [0.05, 0.1) is 10.5 Å². The van der Waals surface area contributed by atoms with E-state index in [1.807, 2.05) is 19.1 Å². The minimum absolute atomic E-state index is 0.273. The zero-order chi connectivity index (χ0) is 18.1. The van der Waals surface area contributed by atoms with Crippen LogP contribution < -0.4 is 0 Å². The zero-order valence-electron chi connectivity index (χ0n) is 14.2. The van der Waals surface area contributed by atoms with E-state index in [-0.39, 0.29) is 4.90 Å². The van der Waals surface area contributed by atoms with E-state index in [2.05, 4.69) is 15.2 Å². The first kappa shape index (κ1) is 16.9. The Bertz CT molecular complexity index is 1000. The third-order valence-electron chi connectivity index (χ3n) is 4.44. The third-order valence-corrected chi connectivity index (χ3v) is 6.36. The van der Waals surface area contributed by atoms with E-state index in [4.69, 9.17) is 4.42 Å². The van der Waals surface area contributed by atoms with Crippen LogP contribution in [0.5, 0.6) is 0 Å². The van der Waals surface area contributed by atoms with E-state index in [1.54, 1.807) is 36.5 Å². The second kappa shape index (κ2) is 6.62. The van der Waals surface area contributed by atoms with Crippen LogP contribution in [-0.4, -0.2) is 34.4 Å². The molecule has 0 N–H and O–H groups in total. The van der Waals surface area contributed by atoms with Crippen LogP contribution in [0, 0.1) is 6.92 Å². The number of pyridine rings is 1. The molecule has 2 aromatic heterocycles. The fourth-order valence-corrected chi connectivity index (χ4v) is 4.75. The molecule has 1 aliphatic heterocycles. The maximum atomic E-state index is 13.0. The lowest BCUT2D eigenvalue weighted by Crippen LogP contribution is -2.30. The van der Waals surface area contributed by atoms with Gasteiger partial charge in [-0.15, -0.1) is 10.2 Å².